The Balaban J connectivity index is 1.49. The SMILES string of the molecule is C=C1c2ccccc2C(=O)N1CCC(=O)OCC(=O)Nc1ccc(Cl)c(C(F)(F)F)c1. The molecule has 0 spiro atoms. The van der Waals surface area contributed by atoms with E-state index in [0.717, 1.165) is 6.07 Å². The van der Waals surface area contributed by atoms with Gasteiger partial charge in [-0.25, -0.2) is 0 Å². The number of hydrogen-bond acceptors (Lipinski definition) is 4. The number of anilines is 1. The number of esters is 1. The van der Waals surface area contributed by atoms with Gasteiger partial charge in [0.1, 0.15) is 0 Å². The number of benzene rings is 2. The van der Waals surface area contributed by atoms with Gasteiger partial charge in [-0.2, -0.15) is 13.2 Å². The van der Waals surface area contributed by atoms with E-state index in [1.165, 1.54) is 11.0 Å². The van der Waals surface area contributed by atoms with Gasteiger partial charge in [0.15, 0.2) is 6.61 Å². The van der Waals surface area contributed by atoms with E-state index in [2.05, 4.69) is 11.9 Å². The van der Waals surface area contributed by atoms with Crippen LogP contribution in [0.4, 0.5) is 18.9 Å². The Labute approximate surface area is 180 Å². The number of carbonyl (C=O) groups excluding carboxylic acids is 3. The van der Waals surface area contributed by atoms with E-state index in [-0.39, 0.29) is 24.6 Å². The van der Waals surface area contributed by atoms with Crippen molar-refractivity contribution in [2.75, 3.05) is 18.5 Å². The quantitative estimate of drug-likeness (QED) is 0.661. The molecule has 0 saturated carbocycles. The van der Waals surface area contributed by atoms with Crippen molar-refractivity contribution in [1.82, 2.24) is 4.90 Å². The van der Waals surface area contributed by atoms with Crippen LogP contribution in [0.15, 0.2) is 49.0 Å². The van der Waals surface area contributed by atoms with Crippen molar-refractivity contribution < 1.29 is 32.3 Å². The van der Waals surface area contributed by atoms with Gasteiger partial charge in [-0.1, -0.05) is 36.4 Å². The number of ether oxygens (including phenoxy) is 1. The Morgan fingerprint density at radius 2 is 1.81 bits per heavy atom. The smallest absolute Gasteiger partial charge is 0.417 e. The summed E-state index contributed by atoms with van der Waals surface area (Å²) in [5.74, 6) is -1.86. The molecule has 2 amide bonds. The van der Waals surface area contributed by atoms with Crippen LogP contribution in [0, 0.1) is 0 Å². The molecule has 0 saturated heterocycles. The van der Waals surface area contributed by atoms with Crippen molar-refractivity contribution in [2.24, 2.45) is 0 Å². The summed E-state index contributed by atoms with van der Waals surface area (Å²) in [5, 5.41) is 1.70. The van der Waals surface area contributed by atoms with Gasteiger partial charge in [-0.05, 0) is 24.3 Å². The fourth-order valence-corrected chi connectivity index (χ4v) is 3.23. The van der Waals surface area contributed by atoms with Gasteiger partial charge in [0, 0.05) is 29.1 Å². The third-order valence-corrected chi connectivity index (χ3v) is 4.83. The minimum atomic E-state index is -4.68. The second-order valence-electron chi connectivity index (χ2n) is 6.60. The molecule has 162 valence electrons. The van der Waals surface area contributed by atoms with E-state index in [0.29, 0.717) is 22.9 Å². The number of hydrogen-bond donors (Lipinski definition) is 1. The van der Waals surface area contributed by atoms with Crippen LogP contribution in [-0.4, -0.2) is 35.8 Å². The van der Waals surface area contributed by atoms with Gasteiger partial charge in [-0.15, -0.1) is 0 Å². The first-order chi connectivity index (χ1) is 14.6. The Hall–Kier alpha value is -3.33. The highest BCUT2D eigenvalue weighted by molar-refractivity contribution is 6.31. The number of amides is 2. The third kappa shape index (κ3) is 5.05. The average molecular weight is 453 g/mol. The maximum Gasteiger partial charge on any atom is 0.417 e. The molecule has 1 aliphatic rings. The van der Waals surface area contributed by atoms with Crippen molar-refractivity contribution in [1.29, 1.82) is 0 Å². The van der Waals surface area contributed by atoms with Crippen LogP contribution in [0.2, 0.25) is 5.02 Å². The second-order valence-corrected chi connectivity index (χ2v) is 7.01. The van der Waals surface area contributed by atoms with Crippen LogP contribution >= 0.6 is 11.6 Å². The zero-order chi connectivity index (χ0) is 22.8. The summed E-state index contributed by atoms with van der Waals surface area (Å²) in [4.78, 5) is 37.5. The highest BCUT2D eigenvalue weighted by Crippen LogP contribution is 2.36. The lowest BCUT2D eigenvalue weighted by Crippen LogP contribution is -2.27. The molecule has 0 unspecified atom stereocenters. The van der Waals surface area contributed by atoms with E-state index in [1.807, 2.05) is 0 Å². The molecule has 0 atom stereocenters. The van der Waals surface area contributed by atoms with Crippen molar-refractivity contribution in [2.45, 2.75) is 12.6 Å². The van der Waals surface area contributed by atoms with Crippen LogP contribution in [-0.2, 0) is 20.5 Å². The monoisotopic (exact) mass is 452 g/mol. The number of halogens is 4. The fraction of sp³-hybridized carbons (Fsp3) is 0.190. The maximum absolute atomic E-state index is 12.9. The molecule has 0 aromatic heterocycles. The lowest BCUT2D eigenvalue weighted by molar-refractivity contribution is -0.147. The molecule has 1 aliphatic heterocycles. The first kappa shape index (κ1) is 22.4. The third-order valence-electron chi connectivity index (χ3n) is 4.50. The molecule has 1 N–H and O–H groups in total. The zero-order valence-corrected chi connectivity index (χ0v) is 16.7. The van der Waals surface area contributed by atoms with Crippen LogP contribution in [0.25, 0.3) is 5.70 Å². The number of nitrogens with zero attached hydrogens (tertiary/aromatic N) is 1. The summed E-state index contributed by atoms with van der Waals surface area (Å²) in [6.07, 6.45) is -4.87. The highest BCUT2D eigenvalue weighted by Gasteiger charge is 2.33. The zero-order valence-electron chi connectivity index (χ0n) is 16.0. The van der Waals surface area contributed by atoms with Crippen LogP contribution in [0.3, 0.4) is 0 Å². The lowest BCUT2D eigenvalue weighted by Gasteiger charge is -2.16. The van der Waals surface area contributed by atoms with E-state index >= 15 is 0 Å². The Kier molecular flexibility index (Phi) is 6.35. The maximum atomic E-state index is 12.9. The first-order valence-electron chi connectivity index (χ1n) is 9.00. The molecule has 0 radical (unpaired) electrons. The van der Waals surface area contributed by atoms with Crippen molar-refractivity contribution >= 4 is 40.8 Å². The molecule has 2 aromatic carbocycles. The van der Waals surface area contributed by atoms with Gasteiger partial charge in [0.2, 0.25) is 0 Å². The summed E-state index contributed by atoms with van der Waals surface area (Å²) in [6.45, 7) is 3.17. The number of nitrogens with one attached hydrogen (secondary N) is 1. The summed E-state index contributed by atoms with van der Waals surface area (Å²) >= 11 is 5.52. The average Bonchev–Trinajstić information content (AvgIpc) is 2.96. The molecular weight excluding hydrogens is 437 g/mol. The number of rotatable bonds is 6. The van der Waals surface area contributed by atoms with Gasteiger partial charge < -0.3 is 15.0 Å². The summed E-state index contributed by atoms with van der Waals surface area (Å²) in [6, 6.07) is 9.78. The van der Waals surface area contributed by atoms with Crippen LogP contribution in [0.1, 0.15) is 27.9 Å². The number of fused-ring (bicyclic) bond motifs is 1. The van der Waals surface area contributed by atoms with E-state index < -0.39 is 35.2 Å². The summed E-state index contributed by atoms with van der Waals surface area (Å²) in [5.41, 5.74) is 0.396. The Bertz CT molecular complexity index is 1030. The normalized spacial score (nSPS) is 13.2. The first-order valence-corrected chi connectivity index (χ1v) is 9.38. The van der Waals surface area contributed by atoms with Crippen molar-refractivity contribution in [3.8, 4) is 0 Å². The highest BCUT2D eigenvalue weighted by atomic mass is 35.5. The molecule has 6 nitrogen and oxygen atoms in total. The van der Waals surface area contributed by atoms with Gasteiger partial charge >= 0.3 is 12.1 Å². The summed E-state index contributed by atoms with van der Waals surface area (Å²) in [7, 11) is 0. The van der Waals surface area contributed by atoms with Gasteiger partial charge in [-0.3, -0.25) is 14.4 Å². The predicted molar refractivity (Wildman–Crippen MR) is 107 cm³/mol. The summed E-state index contributed by atoms with van der Waals surface area (Å²) < 4.78 is 43.5. The standard InChI is InChI=1S/C21H16ClF3N2O4/c1-12-14-4-2-3-5-15(14)20(30)27(12)9-8-19(29)31-11-18(28)26-13-6-7-17(22)16(10-13)21(23,24)25/h2-7,10H,1,8-9,11H2,(H,26,28). The Morgan fingerprint density at radius 1 is 1.13 bits per heavy atom. The predicted octanol–water partition coefficient (Wildman–Crippen LogP) is 4.36. The molecular formula is C21H16ClF3N2O4. The minimum absolute atomic E-state index is 0.0128. The topological polar surface area (TPSA) is 75.7 Å². The number of carbonyl (C=O) groups is 3. The molecule has 2 aromatic rings. The fourth-order valence-electron chi connectivity index (χ4n) is 3.01. The molecule has 0 bridgehead atoms. The molecule has 10 heteroatoms. The van der Waals surface area contributed by atoms with Gasteiger partial charge in [0.25, 0.3) is 11.8 Å². The van der Waals surface area contributed by atoms with Crippen LogP contribution in [0.5, 0.6) is 0 Å². The van der Waals surface area contributed by atoms with E-state index in [9.17, 15) is 27.6 Å². The van der Waals surface area contributed by atoms with E-state index in [1.54, 1.807) is 24.3 Å². The van der Waals surface area contributed by atoms with Crippen molar-refractivity contribution in [3.63, 3.8) is 0 Å². The largest absolute Gasteiger partial charge is 0.456 e. The molecule has 0 fully saturated rings. The van der Waals surface area contributed by atoms with Crippen molar-refractivity contribution in [3.05, 3.63) is 70.8 Å². The lowest BCUT2D eigenvalue weighted by atomic mass is 10.1. The van der Waals surface area contributed by atoms with Crippen LogP contribution < -0.4 is 5.32 Å². The Morgan fingerprint density at radius 3 is 2.45 bits per heavy atom. The molecule has 3 rings (SSSR count). The second kappa shape index (κ2) is 8.81. The minimum Gasteiger partial charge on any atom is -0.456 e. The molecule has 1 heterocycles. The molecule has 0 aliphatic carbocycles. The van der Waals surface area contributed by atoms with Gasteiger partial charge in [0.05, 0.1) is 17.0 Å². The molecule has 31 heavy (non-hydrogen) atoms. The van der Waals surface area contributed by atoms with E-state index in [4.69, 9.17) is 16.3 Å². The number of alkyl halides is 3.